The molecule has 2 N–H and O–H groups in total. The SMILES string of the molecule is CN(CC(=O)NNC(=O)c1ccccc1)Cc1ccc(Br)cc1. The summed E-state index contributed by atoms with van der Waals surface area (Å²) in [5.41, 5.74) is 6.43. The molecule has 0 saturated carbocycles. The third-order valence-corrected chi connectivity index (χ3v) is 3.66. The molecule has 0 heterocycles. The van der Waals surface area contributed by atoms with E-state index in [-0.39, 0.29) is 18.4 Å². The molecule has 0 fully saturated rings. The minimum atomic E-state index is -0.338. The summed E-state index contributed by atoms with van der Waals surface area (Å²) in [6.45, 7) is 0.832. The first-order valence-electron chi connectivity index (χ1n) is 7.12. The van der Waals surface area contributed by atoms with E-state index in [0.29, 0.717) is 12.1 Å². The van der Waals surface area contributed by atoms with Crippen molar-refractivity contribution in [2.24, 2.45) is 0 Å². The Hall–Kier alpha value is -2.18. The van der Waals surface area contributed by atoms with E-state index < -0.39 is 0 Å². The molecule has 0 atom stereocenters. The standard InChI is InChI=1S/C17H18BrN3O2/c1-21(11-13-7-9-15(18)10-8-13)12-16(22)19-20-17(23)14-5-3-2-4-6-14/h2-10H,11-12H2,1H3,(H,19,22)(H,20,23). The summed E-state index contributed by atoms with van der Waals surface area (Å²) in [6.07, 6.45) is 0. The Balaban J connectivity index is 1.75. The van der Waals surface area contributed by atoms with E-state index >= 15 is 0 Å². The van der Waals surface area contributed by atoms with Gasteiger partial charge in [0.2, 0.25) is 0 Å². The molecule has 0 bridgehead atoms. The van der Waals surface area contributed by atoms with E-state index in [4.69, 9.17) is 0 Å². The maximum Gasteiger partial charge on any atom is 0.269 e. The van der Waals surface area contributed by atoms with Crippen molar-refractivity contribution in [3.8, 4) is 0 Å². The summed E-state index contributed by atoms with van der Waals surface area (Å²) >= 11 is 3.39. The number of carbonyl (C=O) groups excluding carboxylic acids is 2. The Morgan fingerprint density at radius 3 is 2.30 bits per heavy atom. The number of nitrogens with one attached hydrogen (secondary N) is 2. The van der Waals surface area contributed by atoms with E-state index in [9.17, 15) is 9.59 Å². The van der Waals surface area contributed by atoms with Crippen LogP contribution in [0.15, 0.2) is 59.1 Å². The minimum absolute atomic E-state index is 0.186. The fourth-order valence-electron chi connectivity index (χ4n) is 2.03. The van der Waals surface area contributed by atoms with Crippen molar-refractivity contribution in [3.05, 3.63) is 70.2 Å². The monoisotopic (exact) mass is 375 g/mol. The second-order valence-electron chi connectivity index (χ2n) is 5.17. The number of hydrogen-bond acceptors (Lipinski definition) is 3. The van der Waals surface area contributed by atoms with Crippen LogP contribution in [0, 0.1) is 0 Å². The van der Waals surface area contributed by atoms with Crippen molar-refractivity contribution < 1.29 is 9.59 Å². The quantitative estimate of drug-likeness (QED) is 0.788. The topological polar surface area (TPSA) is 61.4 Å². The highest BCUT2D eigenvalue weighted by atomic mass is 79.9. The average Bonchev–Trinajstić information content (AvgIpc) is 2.55. The Morgan fingerprint density at radius 2 is 1.65 bits per heavy atom. The van der Waals surface area contributed by atoms with Gasteiger partial charge in [0, 0.05) is 16.6 Å². The smallest absolute Gasteiger partial charge is 0.269 e. The second-order valence-corrected chi connectivity index (χ2v) is 6.08. The molecule has 120 valence electrons. The normalized spacial score (nSPS) is 10.4. The molecule has 0 unspecified atom stereocenters. The molecule has 0 aliphatic rings. The van der Waals surface area contributed by atoms with Crippen molar-refractivity contribution in [2.45, 2.75) is 6.54 Å². The molecule has 23 heavy (non-hydrogen) atoms. The van der Waals surface area contributed by atoms with Crippen LogP contribution in [0.1, 0.15) is 15.9 Å². The minimum Gasteiger partial charge on any atom is -0.293 e. The lowest BCUT2D eigenvalue weighted by Crippen LogP contribution is -2.45. The van der Waals surface area contributed by atoms with E-state index in [2.05, 4.69) is 26.8 Å². The van der Waals surface area contributed by atoms with Gasteiger partial charge in [-0.25, -0.2) is 0 Å². The molecule has 2 aromatic rings. The van der Waals surface area contributed by atoms with E-state index in [1.54, 1.807) is 24.3 Å². The zero-order valence-corrected chi connectivity index (χ0v) is 14.3. The Labute approximate surface area is 143 Å². The van der Waals surface area contributed by atoms with Crippen LogP contribution in [-0.4, -0.2) is 30.3 Å². The number of rotatable bonds is 5. The molecule has 0 aromatic heterocycles. The van der Waals surface area contributed by atoms with E-state index in [0.717, 1.165) is 10.0 Å². The highest BCUT2D eigenvalue weighted by Gasteiger charge is 2.09. The summed E-state index contributed by atoms with van der Waals surface area (Å²) < 4.78 is 1.02. The van der Waals surface area contributed by atoms with Gasteiger partial charge in [-0.3, -0.25) is 25.3 Å². The molecular weight excluding hydrogens is 358 g/mol. The highest BCUT2D eigenvalue weighted by Crippen LogP contribution is 2.11. The predicted molar refractivity (Wildman–Crippen MR) is 92.5 cm³/mol. The van der Waals surface area contributed by atoms with Crippen LogP contribution in [0.25, 0.3) is 0 Å². The molecule has 0 spiro atoms. The summed E-state index contributed by atoms with van der Waals surface area (Å²) in [7, 11) is 1.85. The lowest BCUT2D eigenvalue weighted by molar-refractivity contribution is -0.122. The first-order valence-corrected chi connectivity index (χ1v) is 7.91. The predicted octanol–water partition coefficient (Wildman–Crippen LogP) is 2.34. The first-order chi connectivity index (χ1) is 11.0. The van der Waals surface area contributed by atoms with Gasteiger partial charge in [0.15, 0.2) is 0 Å². The summed E-state index contributed by atoms with van der Waals surface area (Å²) in [6, 6.07) is 16.6. The van der Waals surface area contributed by atoms with Gasteiger partial charge in [0.1, 0.15) is 0 Å². The maximum absolute atomic E-state index is 11.9. The fourth-order valence-corrected chi connectivity index (χ4v) is 2.29. The number of hydrazine groups is 1. The van der Waals surface area contributed by atoms with Crippen molar-refractivity contribution in [1.29, 1.82) is 0 Å². The van der Waals surface area contributed by atoms with Gasteiger partial charge in [0.05, 0.1) is 6.54 Å². The average molecular weight is 376 g/mol. The Morgan fingerprint density at radius 1 is 1.00 bits per heavy atom. The van der Waals surface area contributed by atoms with Gasteiger partial charge in [-0.05, 0) is 36.9 Å². The highest BCUT2D eigenvalue weighted by molar-refractivity contribution is 9.10. The van der Waals surface area contributed by atoms with Crippen LogP contribution in [0.3, 0.4) is 0 Å². The van der Waals surface area contributed by atoms with Crippen LogP contribution < -0.4 is 10.9 Å². The molecule has 0 aliphatic carbocycles. The molecule has 2 amide bonds. The van der Waals surface area contributed by atoms with Crippen molar-refractivity contribution in [1.82, 2.24) is 15.8 Å². The number of benzene rings is 2. The molecule has 0 saturated heterocycles. The molecular formula is C17H18BrN3O2. The summed E-state index contributed by atoms with van der Waals surface area (Å²) in [5.74, 6) is -0.608. The fraction of sp³-hybridized carbons (Fsp3) is 0.176. The third-order valence-electron chi connectivity index (χ3n) is 3.13. The zero-order valence-electron chi connectivity index (χ0n) is 12.8. The lowest BCUT2D eigenvalue weighted by Gasteiger charge is -2.16. The van der Waals surface area contributed by atoms with Gasteiger partial charge in [0.25, 0.3) is 11.8 Å². The molecule has 2 rings (SSSR count). The lowest BCUT2D eigenvalue weighted by atomic mass is 10.2. The summed E-state index contributed by atoms with van der Waals surface area (Å²) in [4.78, 5) is 25.5. The van der Waals surface area contributed by atoms with Crippen molar-refractivity contribution in [2.75, 3.05) is 13.6 Å². The van der Waals surface area contributed by atoms with Crippen LogP contribution >= 0.6 is 15.9 Å². The molecule has 5 nitrogen and oxygen atoms in total. The van der Waals surface area contributed by atoms with Crippen LogP contribution in [0.4, 0.5) is 0 Å². The second kappa shape index (κ2) is 8.45. The van der Waals surface area contributed by atoms with Crippen molar-refractivity contribution in [3.63, 3.8) is 0 Å². The zero-order chi connectivity index (χ0) is 16.7. The number of likely N-dealkylation sites (N-methyl/N-ethyl adjacent to an activating group) is 1. The number of halogens is 1. The van der Waals surface area contributed by atoms with Gasteiger partial charge >= 0.3 is 0 Å². The molecule has 6 heteroatoms. The van der Waals surface area contributed by atoms with Crippen LogP contribution in [0.2, 0.25) is 0 Å². The third kappa shape index (κ3) is 5.84. The van der Waals surface area contributed by atoms with Crippen molar-refractivity contribution >= 4 is 27.7 Å². The maximum atomic E-state index is 11.9. The first kappa shape index (κ1) is 17.2. The number of carbonyl (C=O) groups is 2. The van der Waals surface area contributed by atoms with Gasteiger partial charge in [-0.15, -0.1) is 0 Å². The van der Waals surface area contributed by atoms with Gasteiger partial charge < -0.3 is 0 Å². The van der Waals surface area contributed by atoms with Gasteiger partial charge in [-0.1, -0.05) is 46.3 Å². The Bertz CT molecular complexity index is 659. The number of nitrogens with zero attached hydrogens (tertiary/aromatic N) is 1. The molecule has 0 radical (unpaired) electrons. The number of amides is 2. The Kier molecular flexibility index (Phi) is 6.31. The molecule has 0 aliphatic heterocycles. The van der Waals surface area contributed by atoms with E-state index in [1.165, 1.54) is 0 Å². The summed E-state index contributed by atoms with van der Waals surface area (Å²) in [5, 5.41) is 0. The number of hydrogen-bond donors (Lipinski definition) is 2. The van der Waals surface area contributed by atoms with Crippen LogP contribution in [-0.2, 0) is 11.3 Å². The van der Waals surface area contributed by atoms with E-state index in [1.807, 2.05) is 42.3 Å². The van der Waals surface area contributed by atoms with Gasteiger partial charge in [-0.2, -0.15) is 0 Å². The largest absolute Gasteiger partial charge is 0.293 e. The van der Waals surface area contributed by atoms with Crippen LogP contribution in [0.5, 0.6) is 0 Å². The molecule has 2 aromatic carbocycles.